The molecule has 3 aromatic carbocycles. The van der Waals surface area contributed by atoms with Crippen molar-refractivity contribution in [2.75, 3.05) is 43.9 Å². The molecule has 3 rings (SSSR count). The fourth-order valence-electron chi connectivity index (χ4n) is 3.01. The van der Waals surface area contributed by atoms with Crippen LogP contribution in [-0.2, 0) is 9.53 Å². The van der Waals surface area contributed by atoms with E-state index in [1.807, 2.05) is 0 Å². The van der Waals surface area contributed by atoms with Crippen molar-refractivity contribution in [1.29, 1.82) is 0 Å². The Morgan fingerprint density at radius 1 is 0.714 bits per heavy atom. The topological polar surface area (TPSA) is 124 Å². The summed E-state index contributed by atoms with van der Waals surface area (Å²) >= 11 is 0. The second-order valence-corrected chi connectivity index (χ2v) is 7.05. The van der Waals surface area contributed by atoms with Crippen LogP contribution in [0.4, 0.5) is 21.9 Å². The van der Waals surface area contributed by atoms with Crippen molar-refractivity contribution in [2.45, 2.75) is 0 Å². The lowest BCUT2D eigenvalue weighted by Crippen LogP contribution is -2.20. The first-order chi connectivity index (χ1) is 16.9. The molecule has 35 heavy (non-hydrogen) atoms. The Balaban J connectivity index is 1.60. The van der Waals surface area contributed by atoms with E-state index in [0.717, 1.165) is 0 Å². The summed E-state index contributed by atoms with van der Waals surface area (Å²) in [6, 6.07) is 18.2. The maximum Gasteiger partial charge on any atom is 0.411 e. The fourth-order valence-corrected chi connectivity index (χ4v) is 3.01. The van der Waals surface area contributed by atoms with Crippen LogP contribution in [0.2, 0.25) is 0 Å². The van der Waals surface area contributed by atoms with Crippen molar-refractivity contribution >= 4 is 35.0 Å². The molecule has 3 aromatic rings. The molecule has 10 heteroatoms. The Kier molecular flexibility index (Phi) is 8.49. The lowest BCUT2D eigenvalue weighted by molar-refractivity contribution is -0.118. The molecule has 0 heterocycles. The van der Waals surface area contributed by atoms with E-state index in [-0.39, 0.29) is 18.4 Å². The van der Waals surface area contributed by atoms with Gasteiger partial charge >= 0.3 is 6.09 Å². The molecule has 0 atom stereocenters. The quantitative estimate of drug-likeness (QED) is 0.421. The number of ether oxygens (including phenoxy) is 4. The summed E-state index contributed by atoms with van der Waals surface area (Å²) in [5, 5.41) is 8.00. The van der Waals surface area contributed by atoms with Crippen molar-refractivity contribution in [1.82, 2.24) is 0 Å². The molecule has 0 fully saturated rings. The molecule has 0 unspecified atom stereocenters. The minimum absolute atomic E-state index is 0.272. The van der Waals surface area contributed by atoms with E-state index < -0.39 is 6.09 Å². The van der Waals surface area contributed by atoms with Crippen LogP contribution in [0.1, 0.15) is 10.4 Å². The lowest BCUT2D eigenvalue weighted by Gasteiger charge is -2.13. The van der Waals surface area contributed by atoms with E-state index in [0.29, 0.717) is 39.9 Å². The number of amides is 3. The third-order valence-electron chi connectivity index (χ3n) is 4.74. The molecule has 0 aromatic heterocycles. The summed E-state index contributed by atoms with van der Waals surface area (Å²) in [5.41, 5.74) is 1.90. The molecule has 0 spiro atoms. The van der Waals surface area contributed by atoms with Crippen molar-refractivity contribution < 1.29 is 33.3 Å². The number of carbonyl (C=O) groups excluding carboxylic acids is 3. The molecule has 0 saturated carbocycles. The van der Waals surface area contributed by atoms with Gasteiger partial charge in [-0.05, 0) is 54.6 Å². The SMILES string of the molecule is COC(=O)Nc1ccc(NC(=O)c2ccc(OCC(=O)Nc3ccccc3OC)c(OC)c2)cc1. The smallest absolute Gasteiger partial charge is 0.411 e. The summed E-state index contributed by atoms with van der Waals surface area (Å²) in [7, 11) is 4.22. The van der Waals surface area contributed by atoms with Crippen LogP contribution in [-0.4, -0.2) is 45.8 Å². The molecule has 10 nitrogen and oxygen atoms in total. The molecular formula is C25H25N3O7. The Hall–Kier alpha value is -4.73. The first-order valence-electron chi connectivity index (χ1n) is 10.4. The number of benzene rings is 3. The molecule has 0 aliphatic carbocycles. The number of carbonyl (C=O) groups is 3. The molecule has 0 saturated heterocycles. The van der Waals surface area contributed by atoms with Gasteiger partial charge < -0.3 is 29.6 Å². The minimum Gasteiger partial charge on any atom is -0.495 e. The number of para-hydroxylation sites is 2. The zero-order chi connectivity index (χ0) is 25.2. The van der Waals surface area contributed by atoms with Crippen molar-refractivity contribution in [3.8, 4) is 17.2 Å². The number of hydrogen-bond donors (Lipinski definition) is 3. The van der Waals surface area contributed by atoms with E-state index >= 15 is 0 Å². The van der Waals surface area contributed by atoms with E-state index in [1.54, 1.807) is 60.7 Å². The summed E-state index contributed by atoms with van der Waals surface area (Å²) in [4.78, 5) is 36.2. The highest BCUT2D eigenvalue weighted by Gasteiger charge is 2.14. The third-order valence-corrected chi connectivity index (χ3v) is 4.74. The molecule has 182 valence electrons. The average Bonchev–Trinajstić information content (AvgIpc) is 2.88. The highest BCUT2D eigenvalue weighted by Crippen LogP contribution is 2.29. The van der Waals surface area contributed by atoms with E-state index in [1.165, 1.54) is 27.4 Å². The Bertz CT molecular complexity index is 1200. The van der Waals surface area contributed by atoms with Gasteiger partial charge in [0.25, 0.3) is 11.8 Å². The second-order valence-electron chi connectivity index (χ2n) is 7.05. The molecule has 0 aliphatic rings. The highest BCUT2D eigenvalue weighted by molar-refractivity contribution is 6.04. The van der Waals surface area contributed by atoms with Crippen LogP contribution in [0, 0.1) is 0 Å². The first-order valence-corrected chi connectivity index (χ1v) is 10.4. The number of hydrogen-bond acceptors (Lipinski definition) is 7. The highest BCUT2D eigenvalue weighted by atomic mass is 16.5. The largest absolute Gasteiger partial charge is 0.495 e. The van der Waals surface area contributed by atoms with Gasteiger partial charge in [-0.25, -0.2) is 4.79 Å². The monoisotopic (exact) mass is 479 g/mol. The van der Waals surface area contributed by atoms with Crippen LogP contribution >= 0.6 is 0 Å². The number of anilines is 3. The standard InChI is InChI=1S/C25H25N3O7/c1-32-20-7-5-4-6-19(20)28-23(29)15-35-21-13-8-16(14-22(21)33-2)24(30)26-17-9-11-18(12-10-17)27-25(31)34-3/h4-14H,15H2,1-3H3,(H,26,30)(H,27,31)(H,28,29). The van der Waals surface area contributed by atoms with Crippen molar-refractivity contribution in [2.24, 2.45) is 0 Å². The van der Waals surface area contributed by atoms with E-state index in [2.05, 4.69) is 20.7 Å². The molecular weight excluding hydrogens is 454 g/mol. The Morgan fingerprint density at radius 2 is 1.37 bits per heavy atom. The van der Waals surface area contributed by atoms with Gasteiger partial charge in [0.05, 0.1) is 27.0 Å². The van der Waals surface area contributed by atoms with Crippen LogP contribution < -0.4 is 30.2 Å². The van der Waals surface area contributed by atoms with E-state index in [4.69, 9.17) is 14.2 Å². The second kappa shape index (κ2) is 11.9. The zero-order valence-electron chi connectivity index (χ0n) is 19.4. The maximum atomic E-state index is 12.7. The summed E-state index contributed by atoms with van der Waals surface area (Å²) < 4.78 is 20.7. The first kappa shape index (κ1) is 24.9. The molecule has 3 N–H and O–H groups in total. The fraction of sp³-hybridized carbons (Fsp3) is 0.160. The molecule has 3 amide bonds. The molecule has 0 aliphatic heterocycles. The predicted octanol–water partition coefficient (Wildman–Crippen LogP) is 4.15. The van der Waals surface area contributed by atoms with E-state index in [9.17, 15) is 14.4 Å². The summed E-state index contributed by atoms with van der Waals surface area (Å²) in [6.07, 6.45) is -0.589. The van der Waals surface area contributed by atoms with Gasteiger partial charge in [0.1, 0.15) is 5.75 Å². The zero-order valence-corrected chi connectivity index (χ0v) is 19.4. The van der Waals surface area contributed by atoms with Crippen LogP contribution in [0.3, 0.4) is 0 Å². The minimum atomic E-state index is -0.589. The average molecular weight is 479 g/mol. The van der Waals surface area contributed by atoms with Crippen molar-refractivity contribution in [3.63, 3.8) is 0 Å². The molecule has 0 radical (unpaired) electrons. The predicted molar refractivity (Wildman–Crippen MR) is 131 cm³/mol. The van der Waals surface area contributed by atoms with Crippen LogP contribution in [0.5, 0.6) is 17.2 Å². The van der Waals surface area contributed by atoms with Gasteiger partial charge in [-0.2, -0.15) is 0 Å². The number of methoxy groups -OCH3 is 3. The normalized spacial score (nSPS) is 10.0. The summed E-state index contributed by atoms with van der Waals surface area (Å²) in [5.74, 6) is 0.363. The maximum absolute atomic E-state index is 12.7. The lowest BCUT2D eigenvalue weighted by atomic mass is 10.1. The number of nitrogens with one attached hydrogen (secondary N) is 3. The van der Waals surface area contributed by atoms with Gasteiger partial charge in [0, 0.05) is 16.9 Å². The van der Waals surface area contributed by atoms with Crippen molar-refractivity contribution in [3.05, 3.63) is 72.3 Å². The van der Waals surface area contributed by atoms with Gasteiger partial charge in [0.15, 0.2) is 18.1 Å². The molecule has 0 bridgehead atoms. The third kappa shape index (κ3) is 6.87. The van der Waals surface area contributed by atoms with Gasteiger partial charge in [0.2, 0.25) is 0 Å². The number of rotatable bonds is 9. The van der Waals surface area contributed by atoms with Gasteiger partial charge in [-0.15, -0.1) is 0 Å². The van der Waals surface area contributed by atoms with Gasteiger partial charge in [-0.1, -0.05) is 12.1 Å². The Labute approximate surface area is 202 Å². The van der Waals surface area contributed by atoms with Crippen LogP contribution in [0.25, 0.3) is 0 Å². The Morgan fingerprint density at radius 3 is 2.03 bits per heavy atom. The van der Waals surface area contributed by atoms with Gasteiger partial charge in [-0.3, -0.25) is 14.9 Å². The van der Waals surface area contributed by atoms with Crippen LogP contribution in [0.15, 0.2) is 66.7 Å². The summed E-state index contributed by atoms with van der Waals surface area (Å²) in [6.45, 7) is -0.272.